The summed E-state index contributed by atoms with van der Waals surface area (Å²) in [5, 5.41) is 10.5. The van der Waals surface area contributed by atoms with E-state index in [1.807, 2.05) is 34.8 Å². The molecule has 8 heteroatoms. The fourth-order valence-corrected chi connectivity index (χ4v) is 5.24. The molecular formula is C25H29ClN6S. The quantitative estimate of drug-likeness (QED) is 0.400. The highest BCUT2D eigenvalue weighted by Gasteiger charge is 2.25. The number of fused-ring (bicyclic) bond motifs is 1. The Morgan fingerprint density at radius 2 is 1.67 bits per heavy atom. The molecule has 2 aromatic heterocycles. The normalized spacial score (nSPS) is 15.3. The van der Waals surface area contributed by atoms with Gasteiger partial charge in [-0.15, -0.1) is 5.10 Å². The molecule has 0 radical (unpaired) electrons. The lowest BCUT2D eigenvalue weighted by atomic mass is 10.1. The molecule has 5 rings (SSSR count). The van der Waals surface area contributed by atoms with Gasteiger partial charge in [0.05, 0.1) is 0 Å². The lowest BCUT2D eigenvalue weighted by Crippen LogP contribution is -2.46. The summed E-state index contributed by atoms with van der Waals surface area (Å²) in [6, 6.07) is 18.4. The van der Waals surface area contributed by atoms with E-state index in [1.165, 1.54) is 5.56 Å². The number of imidazole rings is 1. The largest absolute Gasteiger partial charge is 0.364 e. The topological polar surface area (TPSA) is 48.7 Å². The first kappa shape index (κ1) is 22.2. The van der Waals surface area contributed by atoms with Gasteiger partial charge in [0.1, 0.15) is 5.69 Å². The molecule has 1 aliphatic heterocycles. The Bertz CT molecular complexity index is 1240. The molecule has 0 atom stereocenters. The molecule has 1 N–H and O–H groups in total. The van der Waals surface area contributed by atoms with Crippen molar-refractivity contribution in [3.8, 4) is 11.3 Å². The van der Waals surface area contributed by atoms with E-state index in [4.69, 9.17) is 21.7 Å². The van der Waals surface area contributed by atoms with Crippen LogP contribution in [0.2, 0.25) is 5.02 Å². The zero-order valence-corrected chi connectivity index (χ0v) is 20.8. The first-order chi connectivity index (χ1) is 15.9. The second kappa shape index (κ2) is 8.97. The first-order valence-electron chi connectivity index (χ1n) is 11.3. The molecule has 1 saturated heterocycles. The van der Waals surface area contributed by atoms with Crippen molar-refractivity contribution in [1.82, 2.24) is 19.5 Å². The summed E-state index contributed by atoms with van der Waals surface area (Å²) in [7, 11) is 0. The van der Waals surface area contributed by atoms with Gasteiger partial charge in [-0.25, -0.2) is 4.98 Å². The smallest absolute Gasteiger partial charge is 0.216 e. The second-order valence-corrected chi connectivity index (χ2v) is 10.8. The van der Waals surface area contributed by atoms with Gasteiger partial charge in [-0.05, 0) is 32.4 Å². The van der Waals surface area contributed by atoms with Crippen LogP contribution in [0.25, 0.3) is 16.2 Å². The van der Waals surface area contributed by atoms with Crippen molar-refractivity contribution in [2.45, 2.75) is 32.9 Å². The maximum Gasteiger partial charge on any atom is 0.216 e. The molecule has 3 heterocycles. The third kappa shape index (κ3) is 4.86. The van der Waals surface area contributed by atoms with Crippen LogP contribution in [0.5, 0.6) is 0 Å². The Kier molecular flexibility index (Phi) is 6.03. The molecule has 33 heavy (non-hydrogen) atoms. The molecule has 1 fully saturated rings. The van der Waals surface area contributed by atoms with Crippen molar-refractivity contribution in [3.63, 3.8) is 0 Å². The molecule has 0 unspecified atom stereocenters. The minimum atomic E-state index is -0.104. The van der Waals surface area contributed by atoms with Gasteiger partial charge in [0, 0.05) is 48.8 Å². The summed E-state index contributed by atoms with van der Waals surface area (Å²) in [6.07, 6.45) is 0. The second-order valence-electron chi connectivity index (χ2n) is 9.48. The first-order valence-corrected chi connectivity index (χ1v) is 12.5. The van der Waals surface area contributed by atoms with Crippen LogP contribution in [-0.4, -0.2) is 51.2 Å². The third-order valence-electron chi connectivity index (χ3n) is 5.73. The number of halogens is 1. The Morgan fingerprint density at radius 1 is 0.970 bits per heavy atom. The summed E-state index contributed by atoms with van der Waals surface area (Å²) >= 11 is 8.01. The van der Waals surface area contributed by atoms with E-state index in [1.54, 1.807) is 11.3 Å². The predicted molar refractivity (Wildman–Crippen MR) is 139 cm³/mol. The zero-order chi connectivity index (χ0) is 23.0. The molecule has 2 aromatic carbocycles. The van der Waals surface area contributed by atoms with Crippen molar-refractivity contribution in [2.75, 3.05) is 36.4 Å². The summed E-state index contributed by atoms with van der Waals surface area (Å²) in [5.41, 5.74) is 3.12. The van der Waals surface area contributed by atoms with E-state index < -0.39 is 0 Å². The number of piperazine rings is 1. The van der Waals surface area contributed by atoms with E-state index in [0.717, 1.165) is 64.9 Å². The highest BCUT2D eigenvalue weighted by atomic mass is 35.5. The van der Waals surface area contributed by atoms with Crippen LogP contribution in [0.1, 0.15) is 26.3 Å². The van der Waals surface area contributed by atoms with Gasteiger partial charge in [-0.1, -0.05) is 71.5 Å². The molecule has 0 spiro atoms. The van der Waals surface area contributed by atoms with Crippen LogP contribution in [0.3, 0.4) is 0 Å². The molecule has 1 aliphatic rings. The zero-order valence-electron chi connectivity index (χ0n) is 19.3. The monoisotopic (exact) mass is 480 g/mol. The Hall–Kier alpha value is -2.61. The van der Waals surface area contributed by atoms with Crippen LogP contribution in [0, 0.1) is 0 Å². The summed E-state index contributed by atoms with van der Waals surface area (Å²) in [4.78, 5) is 10.7. The highest BCUT2D eigenvalue weighted by molar-refractivity contribution is 7.20. The number of benzene rings is 2. The third-order valence-corrected chi connectivity index (χ3v) is 7.07. The SMILES string of the molecule is CC(C)(C)Nc1c(-c2ccccc2)nc2sc(N3CCN(Cc4ccccc4Cl)CC3)nn12. The highest BCUT2D eigenvalue weighted by Crippen LogP contribution is 2.35. The van der Waals surface area contributed by atoms with Gasteiger partial charge >= 0.3 is 0 Å². The number of rotatable bonds is 5. The van der Waals surface area contributed by atoms with E-state index in [2.05, 4.69) is 60.2 Å². The summed E-state index contributed by atoms with van der Waals surface area (Å²) in [6.45, 7) is 11.2. The standard InChI is InChI=1S/C25H29ClN6S/c1-25(2,3)28-22-21(18-9-5-4-6-10-18)27-23-32(22)29-24(33-23)31-15-13-30(14-16-31)17-19-11-7-8-12-20(19)26/h4-12,28H,13-17H2,1-3H3. The minimum absolute atomic E-state index is 0.104. The van der Waals surface area contributed by atoms with E-state index >= 15 is 0 Å². The van der Waals surface area contributed by atoms with Gasteiger partial charge in [-0.2, -0.15) is 4.52 Å². The molecule has 4 aromatic rings. The maximum absolute atomic E-state index is 6.36. The number of nitrogens with one attached hydrogen (secondary N) is 1. The number of hydrogen-bond donors (Lipinski definition) is 1. The Balaban J connectivity index is 1.36. The fourth-order valence-electron chi connectivity index (χ4n) is 4.10. The summed E-state index contributed by atoms with van der Waals surface area (Å²) < 4.78 is 1.98. The summed E-state index contributed by atoms with van der Waals surface area (Å²) in [5.74, 6) is 0.948. The van der Waals surface area contributed by atoms with E-state index in [-0.39, 0.29) is 5.54 Å². The van der Waals surface area contributed by atoms with Crippen molar-refractivity contribution in [1.29, 1.82) is 0 Å². The Labute approximate surface area is 203 Å². The van der Waals surface area contributed by atoms with E-state index in [9.17, 15) is 0 Å². The van der Waals surface area contributed by atoms with Crippen LogP contribution >= 0.6 is 22.9 Å². The average molecular weight is 481 g/mol. The number of anilines is 2. The lowest BCUT2D eigenvalue weighted by Gasteiger charge is -2.34. The molecule has 0 aliphatic carbocycles. The van der Waals surface area contributed by atoms with Gasteiger partial charge < -0.3 is 10.2 Å². The predicted octanol–water partition coefficient (Wildman–Crippen LogP) is 5.64. The lowest BCUT2D eigenvalue weighted by molar-refractivity contribution is 0.249. The van der Waals surface area contributed by atoms with Crippen molar-refractivity contribution >= 4 is 38.8 Å². The molecular weight excluding hydrogens is 452 g/mol. The van der Waals surface area contributed by atoms with E-state index in [0.29, 0.717) is 0 Å². The molecule has 0 saturated carbocycles. The molecule has 0 amide bonds. The van der Waals surface area contributed by atoms with Crippen molar-refractivity contribution in [2.24, 2.45) is 0 Å². The Morgan fingerprint density at radius 3 is 2.36 bits per heavy atom. The van der Waals surface area contributed by atoms with Crippen molar-refractivity contribution < 1.29 is 0 Å². The van der Waals surface area contributed by atoms with Gasteiger partial charge in [-0.3, -0.25) is 4.90 Å². The van der Waals surface area contributed by atoms with Crippen molar-refractivity contribution in [3.05, 3.63) is 65.2 Å². The minimum Gasteiger partial charge on any atom is -0.364 e. The average Bonchev–Trinajstić information content (AvgIpc) is 3.35. The van der Waals surface area contributed by atoms with Crippen LogP contribution in [0.15, 0.2) is 54.6 Å². The number of aromatic nitrogens is 3. The molecule has 172 valence electrons. The van der Waals surface area contributed by atoms with Gasteiger partial charge in [0.2, 0.25) is 10.1 Å². The molecule has 0 bridgehead atoms. The maximum atomic E-state index is 6.36. The number of hydrogen-bond acceptors (Lipinski definition) is 6. The van der Waals surface area contributed by atoms with Crippen LogP contribution < -0.4 is 10.2 Å². The van der Waals surface area contributed by atoms with Gasteiger partial charge in [0.15, 0.2) is 5.82 Å². The molecule has 6 nitrogen and oxygen atoms in total. The van der Waals surface area contributed by atoms with Crippen LogP contribution in [0.4, 0.5) is 10.9 Å². The number of nitrogens with zero attached hydrogens (tertiary/aromatic N) is 5. The fraction of sp³-hybridized carbons (Fsp3) is 0.360. The van der Waals surface area contributed by atoms with Crippen LogP contribution in [-0.2, 0) is 6.54 Å². The van der Waals surface area contributed by atoms with Gasteiger partial charge in [0.25, 0.3) is 0 Å².